The molecule has 0 heterocycles. The Labute approximate surface area is 104 Å². The highest BCUT2D eigenvalue weighted by Crippen LogP contribution is 2.24. The molecule has 0 aromatic heterocycles. The maximum absolute atomic E-state index is 11.1. The summed E-state index contributed by atoms with van der Waals surface area (Å²) in [5.74, 6) is -1.12. The molecule has 0 aliphatic rings. The topological polar surface area (TPSA) is 78.8 Å². The molecule has 1 aromatic carbocycles. The monoisotopic (exact) mass is 259 g/mol. The molecule has 1 aromatic rings. The van der Waals surface area contributed by atoms with Gasteiger partial charge < -0.3 is 20.3 Å². The summed E-state index contributed by atoms with van der Waals surface area (Å²) in [7, 11) is 1.50. The van der Waals surface area contributed by atoms with Gasteiger partial charge in [-0.25, -0.2) is 4.79 Å². The van der Waals surface area contributed by atoms with Crippen molar-refractivity contribution < 1.29 is 19.7 Å². The first kappa shape index (κ1) is 13.8. The van der Waals surface area contributed by atoms with Gasteiger partial charge in [0.05, 0.1) is 30.0 Å². The van der Waals surface area contributed by atoms with Gasteiger partial charge in [-0.1, -0.05) is 17.7 Å². The van der Waals surface area contributed by atoms with Gasteiger partial charge in [0.25, 0.3) is 0 Å². The average Bonchev–Trinajstić information content (AvgIpc) is 2.28. The molecule has 1 atom stereocenters. The summed E-state index contributed by atoms with van der Waals surface area (Å²) in [6, 6.07) is 4.35. The number of ether oxygens (including phenoxy) is 1. The summed E-state index contributed by atoms with van der Waals surface area (Å²) >= 11 is 5.81. The fraction of sp³-hybridized carbons (Fsp3) is 0.364. The van der Waals surface area contributed by atoms with Gasteiger partial charge in [0.15, 0.2) is 0 Å². The normalized spacial score (nSPS) is 12.2. The molecular weight excluding hydrogens is 246 g/mol. The van der Waals surface area contributed by atoms with Crippen LogP contribution in [-0.4, -0.2) is 42.5 Å². The lowest BCUT2D eigenvalue weighted by atomic mass is 10.1. The largest absolute Gasteiger partial charge is 0.478 e. The molecule has 0 spiro atoms. The van der Waals surface area contributed by atoms with Gasteiger partial charge in [0.1, 0.15) is 5.56 Å². The van der Waals surface area contributed by atoms with Crippen molar-refractivity contribution in [1.29, 1.82) is 0 Å². The molecule has 17 heavy (non-hydrogen) atoms. The van der Waals surface area contributed by atoms with Crippen LogP contribution in [0.4, 0.5) is 5.69 Å². The number of nitrogens with one attached hydrogen (secondary N) is 1. The number of carbonyl (C=O) groups is 1. The highest BCUT2D eigenvalue weighted by atomic mass is 35.5. The fourth-order valence-corrected chi connectivity index (χ4v) is 1.68. The van der Waals surface area contributed by atoms with Gasteiger partial charge in [0, 0.05) is 7.11 Å². The van der Waals surface area contributed by atoms with E-state index in [1.54, 1.807) is 12.1 Å². The van der Waals surface area contributed by atoms with Crippen molar-refractivity contribution in [3.63, 3.8) is 0 Å². The van der Waals surface area contributed by atoms with Crippen molar-refractivity contribution in [3.05, 3.63) is 28.8 Å². The standard InChI is InChI=1S/C11H14ClNO4/c1-17-6-7(5-14)13-9-4-2-3-8(12)10(9)11(15)16/h2-4,7,13-14H,5-6H2,1H3,(H,15,16). The summed E-state index contributed by atoms with van der Waals surface area (Å²) in [6.07, 6.45) is 0. The molecule has 5 nitrogen and oxygen atoms in total. The number of carboxylic acid groups (broad SMARTS) is 1. The van der Waals surface area contributed by atoms with Gasteiger partial charge >= 0.3 is 5.97 Å². The molecule has 1 unspecified atom stereocenters. The zero-order valence-electron chi connectivity index (χ0n) is 9.31. The second-order valence-electron chi connectivity index (χ2n) is 3.45. The molecule has 94 valence electrons. The second kappa shape index (κ2) is 6.44. The third-order valence-corrected chi connectivity index (χ3v) is 2.49. The van der Waals surface area contributed by atoms with Crippen molar-refractivity contribution in [2.24, 2.45) is 0 Å². The van der Waals surface area contributed by atoms with Crippen LogP contribution in [0.2, 0.25) is 5.02 Å². The number of aromatic carboxylic acids is 1. The van der Waals surface area contributed by atoms with Crippen LogP contribution in [0.1, 0.15) is 10.4 Å². The van der Waals surface area contributed by atoms with Crippen LogP contribution in [0.3, 0.4) is 0 Å². The van der Waals surface area contributed by atoms with E-state index in [4.69, 9.17) is 26.6 Å². The van der Waals surface area contributed by atoms with E-state index in [0.717, 1.165) is 0 Å². The fourth-order valence-electron chi connectivity index (χ4n) is 1.42. The van der Waals surface area contributed by atoms with Gasteiger partial charge in [0.2, 0.25) is 0 Å². The lowest BCUT2D eigenvalue weighted by molar-refractivity contribution is 0.0697. The summed E-state index contributed by atoms with van der Waals surface area (Å²) in [6.45, 7) is 0.0987. The lowest BCUT2D eigenvalue weighted by Gasteiger charge is -2.18. The number of aliphatic hydroxyl groups excluding tert-OH is 1. The number of methoxy groups -OCH3 is 1. The summed E-state index contributed by atoms with van der Waals surface area (Å²) in [5.41, 5.74) is 0.352. The summed E-state index contributed by atoms with van der Waals surface area (Å²) in [5, 5.41) is 21.2. The van der Waals surface area contributed by atoms with E-state index in [1.165, 1.54) is 13.2 Å². The highest BCUT2D eigenvalue weighted by Gasteiger charge is 2.16. The molecule has 0 fully saturated rings. The summed E-state index contributed by atoms with van der Waals surface area (Å²) in [4.78, 5) is 11.1. The minimum absolute atomic E-state index is 0.0104. The van der Waals surface area contributed by atoms with Crippen LogP contribution in [0.15, 0.2) is 18.2 Å². The number of halogens is 1. The molecular formula is C11H14ClNO4. The van der Waals surface area contributed by atoms with E-state index >= 15 is 0 Å². The van der Waals surface area contributed by atoms with Crippen LogP contribution in [0.25, 0.3) is 0 Å². The Morgan fingerprint density at radius 3 is 2.82 bits per heavy atom. The van der Waals surface area contributed by atoms with Crippen molar-refractivity contribution in [2.75, 3.05) is 25.6 Å². The van der Waals surface area contributed by atoms with Crippen LogP contribution in [0.5, 0.6) is 0 Å². The molecule has 0 bridgehead atoms. The Kier molecular flexibility index (Phi) is 5.21. The minimum atomic E-state index is -1.12. The Morgan fingerprint density at radius 2 is 2.29 bits per heavy atom. The van der Waals surface area contributed by atoms with E-state index in [1.807, 2.05) is 0 Å². The van der Waals surface area contributed by atoms with E-state index in [0.29, 0.717) is 5.69 Å². The third-order valence-electron chi connectivity index (χ3n) is 2.18. The molecule has 6 heteroatoms. The zero-order chi connectivity index (χ0) is 12.8. The maximum atomic E-state index is 11.1. The molecule has 0 aliphatic heterocycles. The number of hydrogen-bond donors (Lipinski definition) is 3. The van der Waals surface area contributed by atoms with Crippen molar-refractivity contribution in [1.82, 2.24) is 0 Å². The van der Waals surface area contributed by atoms with Crippen molar-refractivity contribution >= 4 is 23.3 Å². The minimum Gasteiger partial charge on any atom is -0.478 e. The van der Waals surface area contributed by atoms with E-state index in [2.05, 4.69) is 5.32 Å². The first-order valence-corrected chi connectivity index (χ1v) is 5.36. The maximum Gasteiger partial charge on any atom is 0.339 e. The van der Waals surface area contributed by atoms with Crippen LogP contribution in [0, 0.1) is 0 Å². The van der Waals surface area contributed by atoms with Gasteiger partial charge in [-0.05, 0) is 12.1 Å². The number of benzene rings is 1. The number of carboxylic acids is 1. The molecule has 0 saturated carbocycles. The van der Waals surface area contributed by atoms with E-state index in [9.17, 15) is 4.79 Å². The van der Waals surface area contributed by atoms with Crippen molar-refractivity contribution in [2.45, 2.75) is 6.04 Å². The smallest absolute Gasteiger partial charge is 0.339 e. The van der Waals surface area contributed by atoms with Crippen LogP contribution in [-0.2, 0) is 4.74 Å². The van der Waals surface area contributed by atoms with Gasteiger partial charge in [-0.2, -0.15) is 0 Å². The molecule has 1 rings (SSSR count). The Bertz CT molecular complexity index is 397. The lowest BCUT2D eigenvalue weighted by Crippen LogP contribution is -2.29. The van der Waals surface area contributed by atoms with Gasteiger partial charge in [-0.3, -0.25) is 0 Å². The average molecular weight is 260 g/mol. The number of hydrogen-bond acceptors (Lipinski definition) is 4. The number of anilines is 1. The molecule has 0 radical (unpaired) electrons. The Balaban J connectivity index is 2.97. The Hall–Kier alpha value is -1.30. The highest BCUT2D eigenvalue weighted by molar-refractivity contribution is 6.34. The predicted molar refractivity (Wildman–Crippen MR) is 64.8 cm³/mol. The molecule has 0 aliphatic carbocycles. The Morgan fingerprint density at radius 1 is 1.59 bits per heavy atom. The van der Waals surface area contributed by atoms with Crippen LogP contribution < -0.4 is 5.32 Å². The predicted octanol–water partition coefficient (Wildman–Crippen LogP) is 1.46. The number of rotatable bonds is 6. The first-order valence-electron chi connectivity index (χ1n) is 4.98. The summed E-state index contributed by atoms with van der Waals surface area (Å²) < 4.78 is 4.89. The molecule has 0 saturated heterocycles. The SMILES string of the molecule is COCC(CO)Nc1cccc(Cl)c1C(=O)O. The van der Waals surface area contributed by atoms with E-state index < -0.39 is 5.97 Å². The van der Waals surface area contributed by atoms with Gasteiger partial charge in [-0.15, -0.1) is 0 Å². The van der Waals surface area contributed by atoms with E-state index in [-0.39, 0.29) is 29.8 Å². The zero-order valence-corrected chi connectivity index (χ0v) is 10.1. The molecule has 3 N–H and O–H groups in total. The number of aliphatic hydroxyl groups is 1. The van der Waals surface area contributed by atoms with Crippen LogP contribution >= 0.6 is 11.6 Å². The molecule has 0 amide bonds. The quantitative estimate of drug-likeness (QED) is 0.721. The first-order chi connectivity index (χ1) is 8.10. The second-order valence-corrected chi connectivity index (χ2v) is 3.85. The third kappa shape index (κ3) is 3.59. The van der Waals surface area contributed by atoms with Crippen molar-refractivity contribution in [3.8, 4) is 0 Å².